The van der Waals surface area contributed by atoms with Crippen LogP contribution in [-0.4, -0.2) is 29.5 Å². The normalized spacial score (nSPS) is 11.4. The van der Waals surface area contributed by atoms with Gasteiger partial charge in [-0.05, 0) is 135 Å². The van der Waals surface area contributed by atoms with Gasteiger partial charge in [0.2, 0.25) is 0 Å². The van der Waals surface area contributed by atoms with Gasteiger partial charge in [0.15, 0.2) is 23.3 Å². The zero-order chi connectivity index (χ0) is 49.7. The van der Waals surface area contributed by atoms with E-state index in [1.807, 2.05) is 84.9 Å². The van der Waals surface area contributed by atoms with E-state index in [0.717, 1.165) is 61.5 Å². The molecule has 0 saturated heterocycles. The Kier molecular flexibility index (Phi) is 11.5. The molecule has 0 aliphatic carbocycles. The second-order valence-electron chi connectivity index (χ2n) is 19.3. The van der Waals surface area contributed by atoms with Gasteiger partial charge in [0, 0.05) is 44.2 Å². The van der Waals surface area contributed by atoms with E-state index in [-0.39, 0.29) is 0 Å². The summed E-state index contributed by atoms with van der Waals surface area (Å²) in [5, 5.41) is 2.34. The number of aromatic nitrogens is 6. The predicted octanol–water partition coefficient (Wildman–Crippen LogP) is 16.9. The molecule has 0 N–H and O–H groups in total. The predicted molar refractivity (Wildman–Crippen MR) is 302 cm³/mol. The molecule has 6 nitrogen and oxygen atoms in total. The minimum Gasteiger partial charge on any atom is -0.309 e. The molecular formula is C67H52N6. The molecule has 0 saturated carbocycles. The monoisotopic (exact) mass is 940 g/mol. The van der Waals surface area contributed by atoms with Crippen LogP contribution in [-0.2, 0) is 0 Å². The first-order chi connectivity index (χ1) is 35.6. The average molecular weight is 941 g/mol. The summed E-state index contributed by atoms with van der Waals surface area (Å²) in [7, 11) is 0. The molecule has 9 aromatic carbocycles. The van der Waals surface area contributed by atoms with Crippen LogP contribution >= 0.6 is 0 Å². The van der Waals surface area contributed by atoms with Crippen molar-refractivity contribution < 1.29 is 0 Å². The summed E-state index contributed by atoms with van der Waals surface area (Å²) in [6.45, 7) is 13.3. The molecule has 0 amide bonds. The number of nitrogens with zero attached hydrogens (tertiary/aromatic N) is 6. The summed E-state index contributed by atoms with van der Waals surface area (Å²) in [5.41, 5.74) is 22.7. The van der Waals surface area contributed by atoms with E-state index in [1.54, 1.807) is 0 Å². The summed E-state index contributed by atoms with van der Waals surface area (Å²) in [6, 6.07) is 72.7. The molecule has 12 rings (SSSR count). The van der Waals surface area contributed by atoms with Crippen molar-refractivity contribution in [3.63, 3.8) is 0 Å². The fourth-order valence-corrected chi connectivity index (χ4v) is 10.9. The van der Waals surface area contributed by atoms with E-state index in [4.69, 9.17) is 24.9 Å². The van der Waals surface area contributed by atoms with Crippen LogP contribution in [0.1, 0.15) is 33.4 Å². The molecule has 0 aliphatic heterocycles. The van der Waals surface area contributed by atoms with Crippen molar-refractivity contribution in [2.45, 2.75) is 41.5 Å². The lowest BCUT2D eigenvalue weighted by Gasteiger charge is -2.17. The minimum atomic E-state index is 0.560. The van der Waals surface area contributed by atoms with Gasteiger partial charge in [0.1, 0.15) is 0 Å². The van der Waals surface area contributed by atoms with Gasteiger partial charge < -0.3 is 4.57 Å². The van der Waals surface area contributed by atoms with E-state index >= 15 is 0 Å². The van der Waals surface area contributed by atoms with E-state index in [2.05, 4.69) is 167 Å². The lowest BCUT2D eigenvalue weighted by Crippen LogP contribution is -2.03. The number of hydrogen-bond acceptors (Lipinski definition) is 5. The maximum atomic E-state index is 5.48. The zero-order valence-corrected chi connectivity index (χ0v) is 41.8. The van der Waals surface area contributed by atoms with Gasteiger partial charge in [-0.25, -0.2) is 24.9 Å². The maximum Gasteiger partial charge on any atom is 0.164 e. The molecule has 73 heavy (non-hydrogen) atoms. The van der Waals surface area contributed by atoms with Crippen LogP contribution < -0.4 is 0 Å². The first-order valence-electron chi connectivity index (χ1n) is 24.9. The van der Waals surface area contributed by atoms with Crippen molar-refractivity contribution in [2.75, 3.05) is 0 Å². The minimum absolute atomic E-state index is 0.560. The van der Waals surface area contributed by atoms with Crippen LogP contribution in [0.25, 0.3) is 118 Å². The zero-order valence-electron chi connectivity index (χ0n) is 41.8. The van der Waals surface area contributed by atoms with Crippen LogP contribution in [0.3, 0.4) is 0 Å². The van der Waals surface area contributed by atoms with Crippen molar-refractivity contribution in [2.24, 2.45) is 0 Å². The molecule has 0 spiro atoms. The fourth-order valence-electron chi connectivity index (χ4n) is 10.9. The van der Waals surface area contributed by atoms with E-state index in [1.165, 1.54) is 66.4 Å². The smallest absolute Gasteiger partial charge is 0.164 e. The van der Waals surface area contributed by atoms with Gasteiger partial charge in [-0.15, -0.1) is 0 Å². The third-order valence-electron chi connectivity index (χ3n) is 14.0. The van der Waals surface area contributed by atoms with Crippen molar-refractivity contribution in [3.8, 4) is 96.0 Å². The Morgan fingerprint density at radius 1 is 0.288 bits per heavy atom. The quantitative estimate of drug-likeness (QED) is 0.144. The molecule has 0 unspecified atom stereocenters. The molecular weight excluding hydrogens is 889 g/mol. The number of rotatable bonds is 9. The highest BCUT2D eigenvalue weighted by atomic mass is 15.0. The molecule has 0 atom stereocenters. The second-order valence-corrected chi connectivity index (χ2v) is 19.3. The highest BCUT2D eigenvalue weighted by Gasteiger charge is 2.23. The van der Waals surface area contributed by atoms with Crippen LogP contribution in [0.4, 0.5) is 0 Å². The summed E-state index contributed by atoms with van der Waals surface area (Å²) in [4.78, 5) is 26.2. The van der Waals surface area contributed by atoms with Crippen LogP contribution in [0.15, 0.2) is 206 Å². The highest BCUT2D eigenvalue weighted by Crippen LogP contribution is 2.43. The van der Waals surface area contributed by atoms with Crippen LogP contribution in [0.2, 0.25) is 0 Å². The molecule has 3 aromatic heterocycles. The Morgan fingerprint density at radius 2 is 0.658 bits per heavy atom. The van der Waals surface area contributed by atoms with Gasteiger partial charge in [0.25, 0.3) is 0 Å². The van der Waals surface area contributed by atoms with Crippen molar-refractivity contribution >= 4 is 21.8 Å². The molecule has 350 valence electrons. The van der Waals surface area contributed by atoms with E-state index in [0.29, 0.717) is 23.3 Å². The number of aryl methyl sites for hydroxylation is 6. The van der Waals surface area contributed by atoms with Gasteiger partial charge in [-0.2, -0.15) is 0 Å². The Labute approximate surface area is 426 Å². The topological polar surface area (TPSA) is 69.4 Å². The average Bonchev–Trinajstić information content (AvgIpc) is 3.73. The van der Waals surface area contributed by atoms with Gasteiger partial charge in [-0.3, -0.25) is 0 Å². The van der Waals surface area contributed by atoms with Crippen LogP contribution in [0, 0.1) is 41.5 Å². The lowest BCUT2D eigenvalue weighted by molar-refractivity contribution is 1.07. The molecule has 12 aromatic rings. The van der Waals surface area contributed by atoms with Crippen LogP contribution in [0.5, 0.6) is 0 Å². The SMILES string of the molecule is Cc1cc(C)c(-c2ccc3c(c2)c2cc(-c4c(C)cc(C)cc4C)ccc2n3-c2ccc(-c3nc(-c4ccccc4)nc(-c4ccccc4)n3)cc2-c2cc(-c3ccccc3)nc(-c3ccccc3)n2)c(C)c1. The Balaban J connectivity index is 1.16. The Bertz CT molecular complexity index is 3790. The Hall–Kier alpha value is -9.13. The van der Waals surface area contributed by atoms with Crippen molar-refractivity contribution in [3.05, 3.63) is 240 Å². The summed E-state index contributed by atoms with van der Waals surface area (Å²) >= 11 is 0. The van der Waals surface area contributed by atoms with Crippen molar-refractivity contribution in [1.29, 1.82) is 0 Å². The second kappa shape index (κ2) is 18.6. The lowest BCUT2D eigenvalue weighted by atomic mass is 9.91. The Morgan fingerprint density at radius 3 is 1.10 bits per heavy atom. The largest absolute Gasteiger partial charge is 0.309 e. The van der Waals surface area contributed by atoms with Gasteiger partial charge >= 0.3 is 0 Å². The molecule has 0 aliphatic rings. The molecule has 3 heterocycles. The fraction of sp³-hybridized carbons (Fsp3) is 0.0896. The van der Waals surface area contributed by atoms with Gasteiger partial charge in [0.05, 0.1) is 28.1 Å². The summed E-state index contributed by atoms with van der Waals surface area (Å²) in [5.74, 6) is 2.39. The molecule has 0 radical (unpaired) electrons. The van der Waals surface area contributed by atoms with Gasteiger partial charge in [-0.1, -0.05) is 169 Å². The highest BCUT2D eigenvalue weighted by molar-refractivity contribution is 6.12. The first-order valence-corrected chi connectivity index (χ1v) is 24.9. The maximum absolute atomic E-state index is 5.48. The summed E-state index contributed by atoms with van der Waals surface area (Å²) in [6.07, 6.45) is 0. The third kappa shape index (κ3) is 8.47. The molecule has 0 bridgehead atoms. The summed E-state index contributed by atoms with van der Waals surface area (Å²) < 4.78 is 2.42. The van der Waals surface area contributed by atoms with Crippen molar-refractivity contribution in [1.82, 2.24) is 29.5 Å². The third-order valence-corrected chi connectivity index (χ3v) is 14.0. The number of fused-ring (bicyclic) bond motifs is 3. The standard InChI is InChI=1S/C67H52N6/c1-41-33-43(3)62(44(4)34-41)51-27-30-59-54(37-51)55-38-52(63-45(5)35-42(2)36-46(63)6)28-31-60(55)73(59)61-32-29-53(67-71-65(49-23-15-9-16-24-49)70-66(72-67)50-25-17-10-18-26-50)39-56(61)58-40-57(47-19-11-7-12-20-47)68-64(69-58)48-21-13-8-14-22-48/h7-40H,1-6H3. The van der Waals surface area contributed by atoms with E-state index < -0.39 is 0 Å². The number of benzene rings is 9. The number of hydrogen-bond donors (Lipinski definition) is 0. The molecule has 0 fully saturated rings. The van der Waals surface area contributed by atoms with E-state index in [9.17, 15) is 0 Å². The first kappa shape index (κ1) is 45.0. The molecule has 6 heteroatoms.